The maximum Gasteiger partial charge on any atom is 0.155 e. The van der Waals surface area contributed by atoms with Gasteiger partial charge in [-0.25, -0.2) is 0 Å². The number of ether oxygens (including phenoxy) is 1. The highest BCUT2D eigenvalue weighted by atomic mass is 35.5. The summed E-state index contributed by atoms with van der Waals surface area (Å²) in [4.78, 5) is 15.0. The highest BCUT2D eigenvalue weighted by Gasteiger charge is 2.07. The highest BCUT2D eigenvalue weighted by molar-refractivity contribution is 6.33. The van der Waals surface area contributed by atoms with Crippen molar-refractivity contribution in [3.05, 3.63) is 58.4 Å². The molecule has 2 aromatic rings. The van der Waals surface area contributed by atoms with E-state index in [4.69, 9.17) is 16.3 Å². The molecule has 0 aliphatic rings. The van der Waals surface area contributed by atoms with Crippen LogP contribution < -0.4 is 4.74 Å². The molecule has 0 N–H and O–H groups in total. The van der Waals surface area contributed by atoms with Crippen LogP contribution in [-0.4, -0.2) is 11.3 Å². The Morgan fingerprint density at radius 2 is 2.22 bits per heavy atom. The summed E-state index contributed by atoms with van der Waals surface area (Å²) < 4.78 is 5.59. The van der Waals surface area contributed by atoms with Crippen molar-refractivity contribution in [1.82, 2.24) is 4.98 Å². The molecule has 3 nitrogen and oxygen atoms in total. The Morgan fingerprint density at radius 3 is 2.94 bits per heavy atom. The molecular formula is C14H12ClNO2. The van der Waals surface area contributed by atoms with Gasteiger partial charge in [0.05, 0.1) is 10.6 Å². The lowest BCUT2D eigenvalue weighted by molar-refractivity contribution is 0.111. The first-order valence-electron chi connectivity index (χ1n) is 5.47. The van der Waals surface area contributed by atoms with Gasteiger partial charge in [-0.05, 0) is 30.7 Å². The second-order valence-electron chi connectivity index (χ2n) is 3.93. The Morgan fingerprint density at radius 1 is 1.39 bits per heavy atom. The maximum absolute atomic E-state index is 10.9. The van der Waals surface area contributed by atoms with Crippen LogP contribution in [0.1, 0.15) is 21.5 Å². The maximum atomic E-state index is 10.9. The molecule has 1 heterocycles. The Balaban J connectivity index is 2.15. The molecule has 0 aliphatic carbocycles. The molecule has 0 saturated heterocycles. The monoisotopic (exact) mass is 261 g/mol. The zero-order valence-corrected chi connectivity index (χ0v) is 10.6. The van der Waals surface area contributed by atoms with E-state index in [1.54, 1.807) is 30.6 Å². The topological polar surface area (TPSA) is 39.2 Å². The van der Waals surface area contributed by atoms with E-state index in [9.17, 15) is 4.79 Å². The number of hydrogen-bond acceptors (Lipinski definition) is 3. The fraction of sp³-hybridized carbons (Fsp3) is 0.143. The number of aryl methyl sites for hydroxylation is 1. The molecule has 1 aromatic heterocycles. The summed E-state index contributed by atoms with van der Waals surface area (Å²) in [5, 5.41) is 0.393. The van der Waals surface area contributed by atoms with Crippen molar-refractivity contribution in [3.8, 4) is 5.75 Å². The molecule has 1 aromatic carbocycles. The number of benzene rings is 1. The first-order chi connectivity index (χ1) is 8.70. The smallest absolute Gasteiger partial charge is 0.155 e. The van der Waals surface area contributed by atoms with Crippen LogP contribution in [-0.2, 0) is 6.61 Å². The lowest BCUT2D eigenvalue weighted by Crippen LogP contribution is -1.99. The van der Waals surface area contributed by atoms with Gasteiger partial charge in [-0.1, -0.05) is 17.7 Å². The van der Waals surface area contributed by atoms with Crippen molar-refractivity contribution in [2.45, 2.75) is 13.5 Å². The predicted octanol–water partition coefficient (Wildman–Crippen LogP) is 3.43. The van der Waals surface area contributed by atoms with Crippen LogP contribution in [0.2, 0.25) is 5.02 Å². The molecule has 0 saturated carbocycles. The van der Waals surface area contributed by atoms with Crippen molar-refractivity contribution in [3.63, 3.8) is 0 Å². The standard InChI is InChI=1S/C14H12ClNO2/c1-10-5-11(7-16-6-10)9-18-14-4-2-3-13(15)12(14)8-17/h2-8H,9H2,1H3. The second kappa shape index (κ2) is 5.65. The molecule has 0 atom stereocenters. The lowest BCUT2D eigenvalue weighted by atomic mass is 10.2. The van der Waals surface area contributed by atoms with Gasteiger partial charge in [0, 0.05) is 18.0 Å². The summed E-state index contributed by atoms with van der Waals surface area (Å²) >= 11 is 5.91. The van der Waals surface area contributed by atoms with E-state index in [0.29, 0.717) is 29.2 Å². The number of hydrogen-bond donors (Lipinski definition) is 0. The third-order valence-corrected chi connectivity index (χ3v) is 2.79. The van der Waals surface area contributed by atoms with Gasteiger partial charge in [-0.3, -0.25) is 9.78 Å². The number of carbonyl (C=O) groups is 1. The Labute approximate surface area is 110 Å². The number of nitrogens with zero attached hydrogens (tertiary/aromatic N) is 1. The van der Waals surface area contributed by atoms with Crippen LogP contribution in [0.5, 0.6) is 5.75 Å². The minimum absolute atomic E-state index is 0.357. The third kappa shape index (κ3) is 2.87. The normalized spacial score (nSPS) is 10.1. The summed E-state index contributed by atoms with van der Waals surface area (Å²) in [5.41, 5.74) is 2.39. The number of halogens is 1. The zero-order valence-electron chi connectivity index (χ0n) is 9.89. The Hall–Kier alpha value is -1.87. The number of pyridine rings is 1. The van der Waals surface area contributed by atoms with E-state index >= 15 is 0 Å². The molecule has 0 bridgehead atoms. The fourth-order valence-electron chi connectivity index (χ4n) is 1.62. The van der Waals surface area contributed by atoms with Gasteiger partial charge < -0.3 is 4.74 Å². The Kier molecular flexibility index (Phi) is 3.95. The minimum atomic E-state index is 0.357. The van der Waals surface area contributed by atoms with Crippen molar-refractivity contribution in [2.75, 3.05) is 0 Å². The van der Waals surface area contributed by atoms with Gasteiger partial charge in [-0.2, -0.15) is 0 Å². The van der Waals surface area contributed by atoms with E-state index in [1.807, 2.05) is 13.0 Å². The van der Waals surface area contributed by atoms with Crippen molar-refractivity contribution >= 4 is 17.9 Å². The predicted molar refractivity (Wildman–Crippen MR) is 70.1 cm³/mol. The van der Waals surface area contributed by atoms with Gasteiger partial charge in [0.2, 0.25) is 0 Å². The van der Waals surface area contributed by atoms with E-state index in [-0.39, 0.29) is 0 Å². The van der Waals surface area contributed by atoms with Gasteiger partial charge in [0.15, 0.2) is 6.29 Å². The van der Waals surface area contributed by atoms with Crippen molar-refractivity contribution in [1.29, 1.82) is 0 Å². The van der Waals surface area contributed by atoms with Crippen LogP contribution in [0.4, 0.5) is 0 Å². The molecule has 0 spiro atoms. The minimum Gasteiger partial charge on any atom is -0.488 e. The Bertz CT molecular complexity index is 569. The third-order valence-electron chi connectivity index (χ3n) is 2.46. The van der Waals surface area contributed by atoms with Crippen LogP contribution in [0.3, 0.4) is 0 Å². The number of rotatable bonds is 4. The SMILES string of the molecule is Cc1cncc(COc2cccc(Cl)c2C=O)c1. The van der Waals surface area contributed by atoms with Crippen LogP contribution >= 0.6 is 11.6 Å². The van der Waals surface area contributed by atoms with E-state index < -0.39 is 0 Å². The quantitative estimate of drug-likeness (QED) is 0.792. The molecule has 0 amide bonds. The van der Waals surface area contributed by atoms with Crippen LogP contribution in [0.25, 0.3) is 0 Å². The van der Waals surface area contributed by atoms with Gasteiger partial charge in [0.25, 0.3) is 0 Å². The summed E-state index contributed by atoms with van der Waals surface area (Å²) in [6.45, 7) is 2.32. The number of aromatic nitrogens is 1. The molecule has 92 valence electrons. The van der Waals surface area contributed by atoms with Crippen LogP contribution in [0.15, 0.2) is 36.7 Å². The molecule has 0 fully saturated rings. The van der Waals surface area contributed by atoms with Crippen LogP contribution in [0, 0.1) is 6.92 Å². The molecule has 0 aliphatic heterocycles. The average molecular weight is 262 g/mol. The summed E-state index contributed by atoms with van der Waals surface area (Å²) in [6, 6.07) is 7.11. The first kappa shape index (κ1) is 12.6. The number of carbonyl (C=O) groups excluding carboxylic acids is 1. The average Bonchev–Trinajstić information content (AvgIpc) is 2.36. The highest BCUT2D eigenvalue weighted by Crippen LogP contribution is 2.25. The molecular weight excluding hydrogens is 250 g/mol. The molecule has 0 unspecified atom stereocenters. The lowest BCUT2D eigenvalue weighted by Gasteiger charge is -2.09. The molecule has 4 heteroatoms. The first-order valence-corrected chi connectivity index (χ1v) is 5.85. The van der Waals surface area contributed by atoms with E-state index in [0.717, 1.165) is 11.1 Å². The molecule has 2 rings (SSSR count). The van der Waals surface area contributed by atoms with Gasteiger partial charge in [-0.15, -0.1) is 0 Å². The largest absolute Gasteiger partial charge is 0.488 e. The van der Waals surface area contributed by atoms with E-state index in [1.165, 1.54) is 0 Å². The van der Waals surface area contributed by atoms with Crippen molar-refractivity contribution < 1.29 is 9.53 Å². The molecule has 0 radical (unpaired) electrons. The summed E-state index contributed by atoms with van der Waals surface area (Å²) in [6.07, 6.45) is 4.21. The number of aldehydes is 1. The second-order valence-corrected chi connectivity index (χ2v) is 4.34. The van der Waals surface area contributed by atoms with Gasteiger partial charge >= 0.3 is 0 Å². The van der Waals surface area contributed by atoms with Gasteiger partial charge in [0.1, 0.15) is 12.4 Å². The summed E-state index contributed by atoms with van der Waals surface area (Å²) in [5.74, 6) is 0.485. The fourth-order valence-corrected chi connectivity index (χ4v) is 1.83. The zero-order chi connectivity index (χ0) is 13.0. The van der Waals surface area contributed by atoms with E-state index in [2.05, 4.69) is 4.98 Å². The van der Waals surface area contributed by atoms with Crippen molar-refractivity contribution in [2.24, 2.45) is 0 Å². The molecule has 18 heavy (non-hydrogen) atoms. The summed E-state index contributed by atoms with van der Waals surface area (Å²) in [7, 11) is 0.